The molecule has 4 fully saturated rings. The number of rotatable bonds is 1. The highest BCUT2D eigenvalue weighted by Gasteiger charge is 2.67. The lowest BCUT2D eigenvalue weighted by Crippen LogP contribution is -2.58. The van der Waals surface area contributed by atoms with Gasteiger partial charge in [-0.25, -0.2) is 0 Å². The standard InChI is InChI=1S/C20H32O3/c1-17-8-4-9-18(2,16(21)22)14(17)7-10-20-11-13(5-6-15(17)20)19(3,23)12-20/h13-15,23H,4-12H2,1-3H3,(H,21,22)/t13-,14-,15+,17-,18-,19-,20+/m1/s1. The molecule has 4 rings (SSSR count). The van der Waals surface area contributed by atoms with Crippen molar-refractivity contribution in [3.05, 3.63) is 0 Å². The molecule has 0 amide bonds. The first-order valence-electron chi connectivity index (χ1n) is 9.60. The summed E-state index contributed by atoms with van der Waals surface area (Å²) in [6.07, 6.45) is 9.68. The van der Waals surface area contributed by atoms with Gasteiger partial charge in [0, 0.05) is 0 Å². The Hall–Kier alpha value is -0.570. The zero-order valence-electron chi connectivity index (χ0n) is 14.9. The summed E-state index contributed by atoms with van der Waals surface area (Å²) in [7, 11) is 0. The van der Waals surface area contributed by atoms with Gasteiger partial charge in [0.1, 0.15) is 0 Å². The largest absolute Gasteiger partial charge is 0.481 e. The number of fused-ring (bicyclic) bond motifs is 3. The van der Waals surface area contributed by atoms with Crippen LogP contribution in [0.25, 0.3) is 0 Å². The minimum atomic E-state index is -0.587. The van der Waals surface area contributed by atoms with Crippen molar-refractivity contribution in [2.75, 3.05) is 0 Å². The summed E-state index contributed by atoms with van der Waals surface area (Å²) in [6, 6.07) is 0. The van der Waals surface area contributed by atoms with Gasteiger partial charge in [-0.05, 0) is 93.8 Å². The Balaban J connectivity index is 1.74. The molecule has 2 N–H and O–H groups in total. The van der Waals surface area contributed by atoms with Gasteiger partial charge in [0.15, 0.2) is 0 Å². The second kappa shape index (κ2) is 4.53. The first kappa shape index (κ1) is 15.9. The van der Waals surface area contributed by atoms with E-state index in [9.17, 15) is 15.0 Å². The molecule has 4 aliphatic rings. The van der Waals surface area contributed by atoms with Crippen molar-refractivity contribution in [1.82, 2.24) is 0 Å². The zero-order chi connectivity index (χ0) is 16.7. The minimum absolute atomic E-state index is 0.148. The molecule has 0 aromatic carbocycles. The molecule has 0 aromatic rings. The van der Waals surface area contributed by atoms with Crippen molar-refractivity contribution in [3.8, 4) is 0 Å². The third-order valence-corrected chi connectivity index (χ3v) is 8.98. The van der Waals surface area contributed by atoms with Gasteiger partial charge in [-0.3, -0.25) is 4.79 Å². The van der Waals surface area contributed by atoms with Crippen molar-refractivity contribution < 1.29 is 15.0 Å². The van der Waals surface area contributed by atoms with Crippen LogP contribution in [0.3, 0.4) is 0 Å². The van der Waals surface area contributed by atoms with Crippen LogP contribution in [0.5, 0.6) is 0 Å². The molecule has 4 aliphatic carbocycles. The molecule has 0 heterocycles. The Labute approximate surface area is 139 Å². The van der Waals surface area contributed by atoms with E-state index in [4.69, 9.17) is 0 Å². The van der Waals surface area contributed by atoms with E-state index in [1.807, 2.05) is 13.8 Å². The van der Waals surface area contributed by atoms with Gasteiger partial charge < -0.3 is 10.2 Å². The molecule has 0 saturated heterocycles. The van der Waals surface area contributed by atoms with Crippen molar-refractivity contribution in [3.63, 3.8) is 0 Å². The van der Waals surface area contributed by atoms with E-state index < -0.39 is 17.0 Å². The van der Waals surface area contributed by atoms with Gasteiger partial charge in [-0.15, -0.1) is 0 Å². The molecule has 2 bridgehead atoms. The van der Waals surface area contributed by atoms with Crippen molar-refractivity contribution >= 4 is 5.97 Å². The zero-order valence-corrected chi connectivity index (χ0v) is 14.9. The second-order valence-electron chi connectivity index (χ2n) is 10.1. The molecule has 0 aromatic heterocycles. The van der Waals surface area contributed by atoms with Crippen LogP contribution < -0.4 is 0 Å². The monoisotopic (exact) mass is 320 g/mol. The minimum Gasteiger partial charge on any atom is -0.481 e. The number of carbonyl (C=O) groups is 1. The number of carboxylic acids is 1. The molecule has 3 nitrogen and oxygen atoms in total. The predicted molar refractivity (Wildman–Crippen MR) is 88.9 cm³/mol. The fourth-order valence-electron chi connectivity index (χ4n) is 8.05. The topological polar surface area (TPSA) is 57.5 Å². The second-order valence-corrected chi connectivity index (χ2v) is 10.1. The highest BCUT2D eigenvalue weighted by molar-refractivity contribution is 5.75. The number of aliphatic hydroxyl groups is 1. The fourth-order valence-corrected chi connectivity index (χ4v) is 8.05. The normalized spacial score (nSPS) is 58.3. The van der Waals surface area contributed by atoms with E-state index in [0.717, 1.165) is 38.5 Å². The molecule has 0 unspecified atom stereocenters. The average molecular weight is 320 g/mol. The maximum atomic E-state index is 12.1. The number of aliphatic carboxylic acids is 1. The molecule has 3 heteroatoms. The number of carboxylic acid groups (broad SMARTS) is 1. The highest BCUT2D eigenvalue weighted by atomic mass is 16.4. The van der Waals surface area contributed by atoms with E-state index >= 15 is 0 Å². The Morgan fingerprint density at radius 2 is 1.74 bits per heavy atom. The maximum absolute atomic E-state index is 12.1. The van der Waals surface area contributed by atoms with Gasteiger partial charge in [0.25, 0.3) is 0 Å². The van der Waals surface area contributed by atoms with Crippen LogP contribution in [0.15, 0.2) is 0 Å². The predicted octanol–water partition coefficient (Wildman–Crippen LogP) is 4.23. The third kappa shape index (κ3) is 1.89. The average Bonchev–Trinajstić information content (AvgIpc) is 2.63. The smallest absolute Gasteiger partial charge is 0.309 e. The van der Waals surface area contributed by atoms with Crippen molar-refractivity contribution in [2.45, 2.75) is 84.2 Å². The molecular weight excluding hydrogens is 288 g/mol. The Kier molecular flexibility index (Phi) is 3.14. The quantitative estimate of drug-likeness (QED) is 0.760. The number of hydrogen-bond acceptors (Lipinski definition) is 2. The van der Waals surface area contributed by atoms with E-state index in [1.165, 1.54) is 19.3 Å². The summed E-state index contributed by atoms with van der Waals surface area (Å²) in [6.45, 7) is 6.45. The molecule has 0 aliphatic heterocycles. The summed E-state index contributed by atoms with van der Waals surface area (Å²) >= 11 is 0. The van der Waals surface area contributed by atoms with Crippen molar-refractivity contribution in [1.29, 1.82) is 0 Å². The van der Waals surface area contributed by atoms with Crippen LogP contribution in [0.4, 0.5) is 0 Å². The molecule has 130 valence electrons. The molecule has 7 atom stereocenters. The summed E-state index contributed by atoms with van der Waals surface area (Å²) < 4.78 is 0. The van der Waals surface area contributed by atoms with Crippen LogP contribution >= 0.6 is 0 Å². The van der Waals surface area contributed by atoms with Crippen LogP contribution in [0.1, 0.15) is 78.6 Å². The first-order valence-corrected chi connectivity index (χ1v) is 9.60. The molecule has 23 heavy (non-hydrogen) atoms. The lowest BCUT2D eigenvalue weighted by atomic mass is 9.41. The highest BCUT2D eigenvalue weighted by Crippen LogP contribution is 2.72. The van der Waals surface area contributed by atoms with E-state index in [0.29, 0.717) is 17.8 Å². The fraction of sp³-hybridized carbons (Fsp3) is 0.950. The summed E-state index contributed by atoms with van der Waals surface area (Å²) in [5.41, 5.74) is -0.612. The van der Waals surface area contributed by atoms with Crippen LogP contribution in [0, 0.1) is 34.0 Å². The summed E-state index contributed by atoms with van der Waals surface area (Å²) in [5, 5.41) is 20.8. The molecule has 0 radical (unpaired) electrons. The van der Waals surface area contributed by atoms with E-state index in [2.05, 4.69) is 6.92 Å². The maximum Gasteiger partial charge on any atom is 0.309 e. The lowest BCUT2D eigenvalue weighted by molar-refractivity contribution is -0.181. The third-order valence-electron chi connectivity index (χ3n) is 8.98. The first-order chi connectivity index (χ1) is 10.6. The Morgan fingerprint density at radius 3 is 2.43 bits per heavy atom. The van der Waals surface area contributed by atoms with Crippen molar-refractivity contribution in [2.24, 2.45) is 34.0 Å². The SMILES string of the molecule is C[C@@]12CCC[C@@](C)(C(=O)O)[C@@H]1CC[C@@]13C[C@@H](CC[C@H]12)[C@](C)(O)C3. The van der Waals surface area contributed by atoms with Crippen LogP contribution in [-0.4, -0.2) is 21.8 Å². The van der Waals surface area contributed by atoms with E-state index in [1.54, 1.807) is 0 Å². The van der Waals surface area contributed by atoms with Gasteiger partial charge in [0.05, 0.1) is 11.0 Å². The van der Waals surface area contributed by atoms with Gasteiger partial charge in [0.2, 0.25) is 0 Å². The van der Waals surface area contributed by atoms with Crippen LogP contribution in [-0.2, 0) is 4.79 Å². The Morgan fingerprint density at radius 1 is 1.00 bits per heavy atom. The molecule has 4 saturated carbocycles. The van der Waals surface area contributed by atoms with Gasteiger partial charge in [-0.2, -0.15) is 0 Å². The molecule has 1 spiro atoms. The lowest BCUT2D eigenvalue weighted by Gasteiger charge is -2.63. The van der Waals surface area contributed by atoms with Gasteiger partial charge >= 0.3 is 5.97 Å². The summed E-state index contributed by atoms with van der Waals surface area (Å²) in [4.78, 5) is 12.1. The summed E-state index contributed by atoms with van der Waals surface area (Å²) in [5.74, 6) is 0.793. The molecular formula is C20H32O3. The van der Waals surface area contributed by atoms with E-state index in [-0.39, 0.29) is 10.8 Å². The Bertz CT molecular complexity index is 541. The van der Waals surface area contributed by atoms with Crippen LogP contribution in [0.2, 0.25) is 0 Å². The van der Waals surface area contributed by atoms with Gasteiger partial charge in [-0.1, -0.05) is 13.3 Å². The number of hydrogen-bond donors (Lipinski definition) is 2.